The van der Waals surface area contributed by atoms with E-state index in [0.717, 1.165) is 11.3 Å². The van der Waals surface area contributed by atoms with Crippen LogP contribution in [0, 0.1) is 5.82 Å². The van der Waals surface area contributed by atoms with Gasteiger partial charge in [-0.1, -0.05) is 57.2 Å². The van der Waals surface area contributed by atoms with Crippen LogP contribution in [0.3, 0.4) is 0 Å². The minimum atomic E-state index is -0.226. The van der Waals surface area contributed by atoms with Crippen molar-refractivity contribution in [1.29, 1.82) is 0 Å². The molecule has 2 rings (SSSR count). The van der Waals surface area contributed by atoms with Gasteiger partial charge in [-0.25, -0.2) is 4.39 Å². The third-order valence-corrected chi connectivity index (χ3v) is 3.04. The molecular weight excluding hydrogens is 239 g/mol. The lowest BCUT2D eigenvalue weighted by Crippen LogP contribution is -2.13. The second kappa shape index (κ2) is 5.43. The van der Waals surface area contributed by atoms with Crippen molar-refractivity contribution in [1.82, 2.24) is 0 Å². The molecule has 0 heterocycles. The second-order valence-electron chi connectivity index (χ2n) is 5.63. The summed E-state index contributed by atoms with van der Waals surface area (Å²) in [5, 5.41) is 0. The molecule has 0 amide bonds. The predicted molar refractivity (Wildman–Crippen MR) is 75.9 cm³/mol. The van der Waals surface area contributed by atoms with Crippen molar-refractivity contribution in [3.8, 4) is 5.75 Å². The van der Waals surface area contributed by atoms with E-state index in [9.17, 15) is 4.39 Å². The summed E-state index contributed by atoms with van der Waals surface area (Å²) < 4.78 is 19.3. The Morgan fingerprint density at radius 1 is 0.947 bits per heavy atom. The first kappa shape index (κ1) is 13.6. The van der Waals surface area contributed by atoms with Crippen molar-refractivity contribution in [2.45, 2.75) is 32.8 Å². The number of hydrogen-bond acceptors (Lipinski definition) is 1. The second-order valence-corrected chi connectivity index (χ2v) is 5.63. The molecule has 1 nitrogen and oxygen atoms in total. The summed E-state index contributed by atoms with van der Waals surface area (Å²) in [6, 6.07) is 14.6. The molecule has 0 radical (unpaired) electrons. The van der Waals surface area contributed by atoms with E-state index in [1.807, 2.05) is 24.3 Å². The van der Waals surface area contributed by atoms with E-state index < -0.39 is 0 Å². The topological polar surface area (TPSA) is 9.23 Å². The Kier molecular flexibility index (Phi) is 3.89. The zero-order valence-electron chi connectivity index (χ0n) is 11.6. The fraction of sp³-hybridized carbons (Fsp3) is 0.294. The average Bonchev–Trinajstić information content (AvgIpc) is 2.37. The summed E-state index contributed by atoms with van der Waals surface area (Å²) in [6.45, 7) is 6.66. The lowest BCUT2D eigenvalue weighted by molar-refractivity contribution is 0.292. The standard InChI is InChI=1S/C17H19FO/c1-17(2,3)14-9-5-7-11-16(14)19-12-13-8-4-6-10-15(13)18/h4-11H,12H2,1-3H3. The molecule has 0 atom stereocenters. The van der Waals surface area contributed by atoms with Gasteiger partial charge >= 0.3 is 0 Å². The molecule has 2 aromatic rings. The molecule has 0 spiro atoms. The minimum absolute atomic E-state index is 0.00578. The molecule has 0 unspecified atom stereocenters. The highest BCUT2D eigenvalue weighted by molar-refractivity contribution is 5.38. The van der Waals surface area contributed by atoms with Crippen LogP contribution in [0.25, 0.3) is 0 Å². The van der Waals surface area contributed by atoms with Crippen molar-refractivity contribution in [3.63, 3.8) is 0 Å². The van der Waals surface area contributed by atoms with E-state index in [0.29, 0.717) is 5.56 Å². The van der Waals surface area contributed by atoms with Crippen molar-refractivity contribution in [2.75, 3.05) is 0 Å². The molecule has 0 aliphatic rings. The van der Waals surface area contributed by atoms with Crippen LogP contribution in [0.5, 0.6) is 5.75 Å². The van der Waals surface area contributed by atoms with E-state index in [-0.39, 0.29) is 17.8 Å². The van der Waals surface area contributed by atoms with Gasteiger partial charge < -0.3 is 4.74 Å². The molecule has 100 valence electrons. The molecule has 0 fully saturated rings. The Hall–Kier alpha value is -1.83. The molecule has 2 aromatic carbocycles. The van der Waals surface area contributed by atoms with Gasteiger partial charge in [0.05, 0.1) is 0 Å². The highest BCUT2D eigenvalue weighted by Crippen LogP contribution is 2.31. The smallest absolute Gasteiger partial charge is 0.129 e. The summed E-state index contributed by atoms with van der Waals surface area (Å²) in [6.07, 6.45) is 0. The van der Waals surface area contributed by atoms with Crippen molar-refractivity contribution >= 4 is 0 Å². The molecular formula is C17H19FO. The normalized spacial score (nSPS) is 11.4. The number of halogens is 1. The Morgan fingerprint density at radius 2 is 1.58 bits per heavy atom. The third-order valence-electron chi connectivity index (χ3n) is 3.04. The van der Waals surface area contributed by atoms with Gasteiger partial charge in [0.25, 0.3) is 0 Å². The van der Waals surface area contributed by atoms with Crippen LogP contribution in [-0.2, 0) is 12.0 Å². The summed E-state index contributed by atoms with van der Waals surface area (Å²) >= 11 is 0. The number of para-hydroxylation sites is 1. The van der Waals surface area contributed by atoms with Gasteiger partial charge in [-0.15, -0.1) is 0 Å². The van der Waals surface area contributed by atoms with Crippen molar-refractivity contribution in [3.05, 3.63) is 65.5 Å². The average molecular weight is 258 g/mol. The van der Waals surface area contributed by atoms with E-state index >= 15 is 0 Å². The molecule has 0 saturated heterocycles. The first-order chi connectivity index (χ1) is 8.98. The molecule has 0 aliphatic heterocycles. The SMILES string of the molecule is CC(C)(C)c1ccccc1OCc1ccccc1F. The lowest BCUT2D eigenvalue weighted by Gasteiger charge is -2.22. The monoisotopic (exact) mass is 258 g/mol. The molecule has 0 aliphatic carbocycles. The molecule has 0 N–H and O–H groups in total. The van der Waals surface area contributed by atoms with Crippen LogP contribution in [0.4, 0.5) is 4.39 Å². The van der Waals surface area contributed by atoms with Crippen LogP contribution in [0.15, 0.2) is 48.5 Å². The summed E-state index contributed by atoms with van der Waals surface area (Å²) in [4.78, 5) is 0. The third kappa shape index (κ3) is 3.34. The maximum Gasteiger partial charge on any atom is 0.129 e. The molecule has 2 heteroatoms. The maximum atomic E-state index is 13.5. The Morgan fingerprint density at radius 3 is 2.26 bits per heavy atom. The van der Waals surface area contributed by atoms with Gasteiger partial charge in [0, 0.05) is 5.56 Å². The summed E-state index contributed by atoms with van der Waals surface area (Å²) in [7, 11) is 0. The highest BCUT2D eigenvalue weighted by Gasteiger charge is 2.18. The molecule has 19 heavy (non-hydrogen) atoms. The van der Waals surface area contributed by atoms with Crippen molar-refractivity contribution < 1.29 is 9.13 Å². The number of hydrogen-bond donors (Lipinski definition) is 0. The number of ether oxygens (including phenoxy) is 1. The molecule has 0 bridgehead atoms. The quantitative estimate of drug-likeness (QED) is 0.775. The minimum Gasteiger partial charge on any atom is -0.488 e. The van der Waals surface area contributed by atoms with E-state index in [1.54, 1.807) is 12.1 Å². The van der Waals surface area contributed by atoms with E-state index in [4.69, 9.17) is 4.74 Å². The zero-order valence-corrected chi connectivity index (χ0v) is 11.6. The first-order valence-corrected chi connectivity index (χ1v) is 6.44. The van der Waals surface area contributed by atoms with Crippen LogP contribution in [-0.4, -0.2) is 0 Å². The maximum absolute atomic E-state index is 13.5. The van der Waals surface area contributed by atoms with Crippen LogP contribution >= 0.6 is 0 Å². The lowest BCUT2D eigenvalue weighted by atomic mass is 9.86. The van der Waals surface area contributed by atoms with Gasteiger partial charge in [0.15, 0.2) is 0 Å². The molecule has 0 saturated carbocycles. The van der Waals surface area contributed by atoms with Gasteiger partial charge in [-0.2, -0.15) is 0 Å². The van der Waals surface area contributed by atoms with Gasteiger partial charge in [-0.3, -0.25) is 0 Å². The van der Waals surface area contributed by atoms with E-state index in [1.165, 1.54) is 6.07 Å². The Bertz CT molecular complexity index is 555. The zero-order chi connectivity index (χ0) is 13.9. The van der Waals surface area contributed by atoms with Gasteiger partial charge in [0.1, 0.15) is 18.2 Å². The fourth-order valence-electron chi connectivity index (χ4n) is 1.98. The first-order valence-electron chi connectivity index (χ1n) is 6.44. The summed E-state index contributed by atoms with van der Waals surface area (Å²) in [5.74, 6) is 0.592. The predicted octanol–water partition coefficient (Wildman–Crippen LogP) is 4.70. The Balaban J connectivity index is 2.19. The summed E-state index contributed by atoms with van der Waals surface area (Å²) in [5.41, 5.74) is 1.71. The Labute approximate surface area is 114 Å². The van der Waals surface area contributed by atoms with Crippen LogP contribution < -0.4 is 4.74 Å². The fourth-order valence-corrected chi connectivity index (χ4v) is 1.98. The van der Waals surface area contributed by atoms with Crippen LogP contribution in [0.1, 0.15) is 31.9 Å². The highest BCUT2D eigenvalue weighted by atomic mass is 19.1. The number of benzene rings is 2. The largest absolute Gasteiger partial charge is 0.488 e. The van der Waals surface area contributed by atoms with Gasteiger partial charge in [0.2, 0.25) is 0 Å². The van der Waals surface area contributed by atoms with Crippen LogP contribution in [0.2, 0.25) is 0 Å². The number of rotatable bonds is 3. The van der Waals surface area contributed by atoms with Gasteiger partial charge in [-0.05, 0) is 23.1 Å². The van der Waals surface area contributed by atoms with E-state index in [2.05, 4.69) is 26.8 Å². The molecule has 0 aromatic heterocycles. The van der Waals surface area contributed by atoms with Crippen molar-refractivity contribution in [2.24, 2.45) is 0 Å².